The number of nitrogens with zero attached hydrogens (tertiary/aromatic N) is 1. The number of hydrogen-bond acceptors (Lipinski definition) is 5. The molecule has 0 saturated heterocycles. The molecule has 29 heavy (non-hydrogen) atoms. The highest BCUT2D eigenvalue weighted by molar-refractivity contribution is 6.33. The number of Topliss-reactive ketones (excluding diaryl/α,β-unsaturated/α-hetero) is 1. The Balaban J connectivity index is 1.94. The first kappa shape index (κ1) is 22.6. The predicted molar refractivity (Wildman–Crippen MR) is 109 cm³/mol. The maximum absolute atomic E-state index is 12.5. The summed E-state index contributed by atoms with van der Waals surface area (Å²) in [6.07, 6.45) is 0. The molecular weight excluding hydrogens is 396 g/mol. The molecule has 0 unspecified atom stereocenters. The van der Waals surface area contributed by atoms with E-state index in [1.54, 1.807) is 37.4 Å². The molecule has 8 heteroatoms. The van der Waals surface area contributed by atoms with Crippen molar-refractivity contribution in [1.29, 1.82) is 0 Å². The molecule has 156 valence electrons. The van der Waals surface area contributed by atoms with E-state index in [4.69, 9.17) is 21.1 Å². The molecule has 0 spiro atoms. The lowest BCUT2D eigenvalue weighted by molar-refractivity contribution is -0.144. The number of rotatable bonds is 9. The van der Waals surface area contributed by atoms with Crippen LogP contribution >= 0.6 is 11.6 Å². The van der Waals surface area contributed by atoms with Crippen LogP contribution in [0.3, 0.4) is 0 Å². The van der Waals surface area contributed by atoms with E-state index in [1.807, 2.05) is 18.4 Å². The summed E-state index contributed by atoms with van der Waals surface area (Å²) in [6, 6.07) is 7.35. The first-order chi connectivity index (χ1) is 13.8. The molecule has 7 nitrogen and oxygen atoms in total. The second-order valence-corrected chi connectivity index (χ2v) is 7.04. The van der Waals surface area contributed by atoms with Gasteiger partial charge in [0.05, 0.1) is 17.2 Å². The highest BCUT2D eigenvalue weighted by Crippen LogP contribution is 2.17. The summed E-state index contributed by atoms with van der Waals surface area (Å²) in [5.74, 6) is -1.50. The highest BCUT2D eigenvalue weighted by Gasteiger charge is 2.22. The van der Waals surface area contributed by atoms with Gasteiger partial charge in [0, 0.05) is 30.6 Å². The summed E-state index contributed by atoms with van der Waals surface area (Å²) in [5.41, 5.74) is 2.47. The van der Waals surface area contributed by atoms with E-state index in [1.165, 1.54) is 6.92 Å². The van der Waals surface area contributed by atoms with E-state index in [0.29, 0.717) is 18.7 Å². The van der Waals surface area contributed by atoms with Crippen molar-refractivity contribution in [3.63, 3.8) is 0 Å². The van der Waals surface area contributed by atoms with Gasteiger partial charge in [0.25, 0.3) is 5.91 Å². The molecule has 1 amide bonds. The van der Waals surface area contributed by atoms with Gasteiger partial charge in [-0.3, -0.25) is 9.59 Å². The lowest BCUT2D eigenvalue weighted by Crippen LogP contribution is -2.40. The van der Waals surface area contributed by atoms with Crippen LogP contribution in [0.1, 0.15) is 39.0 Å². The molecule has 0 aliphatic heterocycles. The van der Waals surface area contributed by atoms with Crippen LogP contribution in [0.2, 0.25) is 5.02 Å². The number of aromatic nitrogens is 1. The Bertz CT molecular complexity index is 906. The van der Waals surface area contributed by atoms with Crippen LogP contribution in [0, 0.1) is 13.8 Å². The zero-order valence-electron chi connectivity index (χ0n) is 17.0. The SMILES string of the molecule is COCCn1c(C)cc(C(=O)COC(=O)[C@H](C)NC(=O)c2ccccc2Cl)c1C. The molecule has 1 atom stereocenters. The summed E-state index contributed by atoms with van der Waals surface area (Å²) in [6.45, 7) is 5.98. The third kappa shape index (κ3) is 5.68. The summed E-state index contributed by atoms with van der Waals surface area (Å²) in [7, 11) is 1.62. The third-order valence-corrected chi connectivity index (χ3v) is 4.89. The maximum atomic E-state index is 12.5. The van der Waals surface area contributed by atoms with Gasteiger partial charge in [0.2, 0.25) is 5.78 Å². The van der Waals surface area contributed by atoms with Crippen LogP contribution in [0.15, 0.2) is 30.3 Å². The fourth-order valence-electron chi connectivity index (χ4n) is 2.93. The lowest BCUT2D eigenvalue weighted by atomic mass is 10.1. The van der Waals surface area contributed by atoms with E-state index in [2.05, 4.69) is 5.32 Å². The normalized spacial score (nSPS) is 11.8. The van der Waals surface area contributed by atoms with Crippen molar-refractivity contribution in [1.82, 2.24) is 9.88 Å². The van der Waals surface area contributed by atoms with Crippen molar-refractivity contribution < 1.29 is 23.9 Å². The number of nitrogens with one attached hydrogen (secondary N) is 1. The molecule has 1 aromatic heterocycles. The van der Waals surface area contributed by atoms with Crippen LogP contribution in [0.25, 0.3) is 0 Å². The Kier molecular flexibility index (Phi) is 7.99. The maximum Gasteiger partial charge on any atom is 0.328 e. The molecule has 0 saturated carbocycles. The minimum atomic E-state index is -0.930. The van der Waals surface area contributed by atoms with Crippen molar-refractivity contribution in [2.24, 2.45) is 0 Å². The van der Waals surface area contributed by atoms with Crippen molar-refractivity contribution in [3.05, 3.63) is 57.9 Å². The van der Waals surface area contributed by atoms with Gasteiger partial charge in [0.1, 0.15) is 6.04 Å². The van der Waals surface area contributed by atoms with E-state index in [0.717, 1.165) is 11.4 Å². The molecule has 0 aliphatic rings. The molecule has 2 rings (SSSR count). The van der Waals surface area contributed by atoms with E-state index >= 15 is 0 Å². The molecule has 0 fully saturated rings. The Morgan fingerprint density at radius 1 is 1.17 bits per heavy atom. The number of methoxy groups -OCH3 is 1. The Hall–Kier alpha value is -2.64. The van der Waals surface area contributed by atoms with Crippen molar-refractivity contribution in [3.8, 4) is 0 Å². The Morgan fingerprint density at radius 2 is 1.86 bits per heavy atom. The average Bonchev–Trinajstić information content (AvgIpc) is 2.98. The van der Waals surface area contributed by atoms with E-state index in [-0.39, 0.29) is 16.4 Å². The van der Waals surface area contributed by atoms with Gasteiger partial charge < -0.3 is 19.4 Å². The first-order valence-electron chi connectivity index (χ1n) is 9.17. The summed E-state index contributed by atoms with van der Waals surface area (Å²) >= 11 is 5.98. The highest BCUT2D eigenvalue weighted by atomic mass is 35.5. The van der Waals surface area contributed by atoms with Gasteiger partial charge in [-0.2, -0.15) is 0 Å². The number of ether oxygens (including phenoxy) is 2. The molecule has 0 aliphatic carbocycles. The molecule has 1 aromatic carbocycles. The number of benzene rings is 1. The number of carbonyl (C=O) groups is 3. The van der Waals surface area contributed by atoms with Crippen molar-refractivity contribution >= 4 is 29.3 Å². The molecule has 1 N–H and O–H groups in total. The first-order valence-corrected chi connectivity index (χ1v) is 9.55. The summed E-state index contributed by atoms with van der Waals surface area (Å²) in [4.78, 5) is 36.9. The molecular formula is C21H25ClN2O5. The third-order valence-electron chi connectivity index (χ3n) is 4.56. The van der Waals surface area contributed by atoms with Gasteiger partial charge >= 0.3 is 5.97 Å². The summed E-state index contributed by atoms with van der Waals surface area (Å²) < 4.78 is 12.2. The van der Waals surface area contributed by atoms with E-state index < -0.39 is 24.5 Å². The molecule has 2 aromatic rings. The van der Waals surface area contributed by atoms with E-state index in [9.17, 15) is 14.4 Å². The predicted octanol–water partition coefficient (Wildman–Crippen LogP) is 2.95. The minimum absolute atomic E-state index is 0.258. The fraction of sp³-hybridized carbons (Fsp3) is 0.381. The van der Waals surface area contributed by atoms with Gasteiger partial charge in [-0.05, 0) is 39.0 Å². The number of hydrogen-bond donors (Lipinski definition) is 1. The largest absolute Gasteiger partial charge is 0.456 e. The molecule has 0 radical (unpaired) electrons. The second-order valence-electron chi connectivity index (χ2n) is 6.64. The van der Waals surface area contributed by atoms with Crippen molar-refractivity contribution in [2.75, 3.05) is 20.3 Å². The van der Waals surface area contributed by atoms with Crippen LogP contribution in [-0.2, 0) is 20.8 Å². The standard InChI is InChI=1S/C21H25ClN2O5/c1-13-11-17(15(3)24(13)9-10-28-4)19(25)12-29-21(27)14(2)23-20(26)16-7-5-6-8-18(16)22/h5-8,11,14H,9-10,12H2,1-4H3,(H,23,26)/t14-/m0/s1. The average molecular weight is 421 g/mol. The fourth-order valence-corrected chi connectivity index (χ4v) is 3.15. The van der Waals surface area contributed by atoms with Gasteiger partial charge in [-0.25, -0.2) is 4.79 Å². The quantitative estimate of drug-likeness (QED) is 0.498. The Morgan fingerprint density at radius 3 is 2.52 bits per heavy atom. The van der Waals surface area contributed by atoms with Gasteiger partial charge in [-0.1, -0.05) is 23.7 Å². The smallest absolute Gasteiger partial charge is 0.328 e. The molecule has 1 heterocycles. The number of amides is 1. The van der Waals surface area contributed by atoms with Crippen LogP contribution in [0.5, 0.6) is 0 Å². The van der Waals surface area contributed by atoms with Crippen LogP contribution < -0.4 is 5.32 Å². The molecule has 0 bridgehead atoms. The van der Waals surface area contributed by atoms with Gasteiger partial charge in [-0.15, -0.1) is 0 Å². The second kappa shape index (κ2) is 10.2. The van der Waals surface area contributed by atoms with Crippen LogP contribution in [-0.4, -0.2) is 48.6 Å². The number of ketones is 1. The lowest BCUT2D eigenvalue weighted by Gasteiger charge is -2.14. The van der Waals surface area contributed by atoms with Crippen molar-refractivity contribution in [2.45, 2.75) is 33.4 Å². The number of carbonyl (C=O) groups excluding carboxylic acids is 3. The van der Waals surface area contributed by atoms with Gasteiger partial charge in [0.15, 0.2) is 6.61 Å². The monoisotopic (exact) mass is 420 g/mol. The number of esters is 1. The zero-order valence-corrected chi connectivity index (χ0v) is 17.7. The zero-order chi connectivity index (χ0) is 21.6. The summed E-state index contributed by atoms with van der Waals surface area (Å²) in [5, 5.41) is 2.80. The number of halogens is 1. The minimum Gasteiger partial charge on any atom is -0.456 e. The number of aryl methyl sites for hydroxylation is 1. The topological polar surface area (TPSA) is 86.6 Å². The Labute approximate surface area is 174 Å². The van der Waals surface area contributed by atoms with Crippen LogP contribution in [0.4, 0.5) is 0 Å².